The van der Waals surface area contributed by atoms with Gasteiger partial charge in [-0.25, -0.2) is 4.39 Å². The topological polar surface area (TPSA) is 72.0 Å². The van der Waals surface area contributed by atoms with Crippen molar-refractivity contribution >= 4 is 5.84 Å². The highest BCUT2D eigenvalue weighted by Crippen LogP contribution is 2.27. The van der Waals surface area contributed by atoms with Gasteiger partial charge in [0.15, 0.2) is 5.75 Å². The van der Waals surface area contributed by atoms with Crippen molar-refractivity contribution in [2.75, 3.05) is 0 Å². The molecule has 3 N–H and O–H groups in total. The van der Waals surface area contributed by atoms with Crippen LogP contribution in [0.4, 0.5) is 4.39 Å². The summed E-state index contributed by atoms with van der Waals surface area (Å²) in [6.07, 6.45) is 2.96. The molecule has 1 heterocycles. The first-order chi connectivity index (χ1) is 8.58. The van der Waals surface area contributed by atoms with Crippen LogP contribution in [0, 0.1) is 18.2 Å². The monoisotopic (exact) mass is 245 g/mol. The lowest BCUT2D eigenvalue weighted by atomic mass is 10.2. The standard InChI is InChI=1S/C13H12FN3O/c1-8-2-3-9(14)6-11(8)18-12-7-17-5-4-10(12)13(15)16/h2-7H,1H3,(H3,15,16). The van der Waals surface area contributed by atoms with Crippen LogP contribution in [0.3, 0.4) is 0 Å². The lowest BCUT2D eigenvalue weighted by Crippen LogP contribution is -2.12. The van der Waals surface area contributed by atoms with Crippen molar-refractivity contribution in [3.8, 4) is 11.5 Å². The average molecular weight is 245 g/mol. The van der Waals surface area contributed by atoms with E-state index in [-0.39, 0.29) is 11.7 Å². The summed E-state index contributed by atoms with van der Waals surface area (Å²) < 4.78 is 18.7. The summed E-state index contributed by atoms with van der Waals surface area (Å²) in [4.78, 5) is 3.91. The van der Waals surface area contributed by atoms with Gasteiger partial charge in [0.25, 0.3) is 0 Å². The second-order valence-electron chi connectivity index (χ2n) is 3.80. The van der Waals surface area contributed by atoms with Gasteiger partial charge in [0, 0.05) is 12.3 Å². The van der Waals surface area contributed by atoms with E-state index >= 15 is 0 Å². The first-order valence-electron chi connectivity index (χ1n) is 5.30. The minimum absolute atomic E-state index is 0.124. The van der Waals surface area contributed by atoms with E-state index in [4.69, 9.17) is 15.9 Å². The first-order valence-corrected chi connectivity index (χ1v) is 5.30. The fourth-order valence-electron chi connectivity index (χ4n) is 1.49. The second-order valence-corrected chi connectivity index (χ2v) is 3.80. The Bertz CT molecular complexity index is 599. The molecule has 5 heteroatoms. The molecular formula is C13H12FN3O. The Morgan fingerprint density at radius 3 is 2.83 bits per heavy atom. The Kier molecular flexibility index (Phi) is 3.23. The summed E-state index contributed by atoms with van der Waals surface area (Å²) >= 11 is 0. The van der Waals surface area contributed by atoms with Gasteiger partial charge in [0.1, 0.15) is 17.4 Å². The first kappa shape index (κ1) is 12.0. The van der Waals surface area contributed by atoms with Crippen molar-refractivity contribution < 1.29 is 9.13 Å². The van der Waals surface area contributed by atoms with E-state index in [0.29, 0.717) is 17.1 Å². The van der Waals surface area contributed by atoms with Crippen molar-refractivity contribution in [2.45, 2.75) is 6.92 Å². The third-order valence-electron chi connectivity index (χ3n) is 2.44. The Labute approximate surface area is 104 Å². The minimum atomic E-state index is -0.385. The molecule has 0 bridgehead atoms. The van der Waals surface area contributed by atoms with Gasteiger partial charge in [-0.15, -0.1) is 0 Å². The molecule has 18 heavy (non-hydrogen) atoms. The van der Waals surface area contributed by atoms with Crippen LogP contribution in [0.1, 0.15) is 11.1 Å². The van der Waals surface area contributed by atoms with E-state index in [0.717, 1.165) is 5.56 Å². The highest BCUT2D eigenvalue weighted by atomic mass is 19.1. The van der Waals surface area contributed by atoms with Crippen LogP contribution in [-0.2, 0) is 0 Å². The number of nitrogens with zero attached hydrogens (tertiary/aromatic N) is 1. The average Bonchev–Trinajstić information content (AvgIpc) is 2.34. The largest absolute Gasteiger partial charge is 0.455 e. The fourth-order valence-corrected chi connectivity index (χ4v) is 1.49. The molecule has 0 aliphatic heterocycles. The van der Waals surface area contributed by atoms with Gasteiger partial charge in [-0.1, -0.05) is 6.07 Å². The molecular weight excluding hydrogens is 233 g/mol. The molecule has 92 valence electrons. The maximum Gasteiger partial charge on any atom is 0.156 e. The molecule has 1 aromatic heterocycles. The summed E-state index contributed by atoms with van der Waals surface area (Å²) in [5.74, 6) is 0.203. The number of hydrogen-bond acceptors (Lipinski definition) is 3. The lowest BCUT2D eigenvalue weighted by Gasteiger charge is -2.11. The van der Waals surface area contributed by atoms with Crippen molar-refractivity contribution in [2.24, 2.45) is 5.73 Å². The van der Waals surface area contributed by atoms with Gasteiger partial charge in [0.2, 0.25) is 0 Å². The van der Waals surface area contributed by atoms with Gasteiger partial charge in [-0.2, -0.15) is 0 Å². The molecule has 1 aromatic carbocycles. The van der Waals surface area contributed by atoms with E-state index < -0.39 is 0 Å². The highest BCUT2D eigenvalue weighted by Gasteiger charge is 2.09. The van der Waals surface area contributed by atoms with Crippen LogP contribution < -0.4 is 10.5 Å². The summed E-state index contributed by atoms with van der Waals surface area (Å²) in [6.45, 7) is 1.80. The Morgan fingerprint density at radius 1 is 1.33 bits per heavy atom. The number of aromatic nitrogens is 1. The number of benzene rings is 1. The normalized spacial score (nSPS) is 10.1. The summed E-state index contributed by atoms with van der Waals surface area (Å²) in [7, 11) is 0. The van der Waals surface area contributed by atoms with Gasteiger partial charge in [0.05, 0.1) is 11.8 Å². The highest BCUT2D eigenvalue weighted by molar-refractivity contribution is 5.97. The van der Waals surface area contributed by atoms with Crippen LogP contribution in [-0.4, -0.2) is 10.8 Å². The number of nitrogens with two attached hydrogens (primary N) is 1. The number of halogens is 1. The van der Waals surface area contributed by atoms with E-state index in [9.17, 15) is 4.39 Å². The van der Waals surface area contributed by atoms with E-state index in [1.807, 2.05) is 0 Å². The molecule has 0 radical (unpaired) electrons. The summed E-state index contributed by atoms with van der Waals surface area (Å²) in [6, 6.07) is 5.84. The van der Waals surface area contributed by atoms with Crippen molar-refractivity contribution in [1.29, 1.82) is 5.41 Å². The predicted octanol–water partition coefficient (Wildman–Crippen LogP) is 2.61. The molecule has 0 amide bonds. The van der Waals surface area contributed by atoms with Crippen molar-refractivity contribution in [3.05, 3.63) is 53.6 Å². The molecule has 0 spiro atoms. The predicted molar refractivity (Wildman–Crippen MR) is 66.5 cm³/mol. The molecule has 0 fully saturated rings. The van der Waals surface area contributed by atoms with Crippen molar-refractivity contribution in [3.63, 3.8) is 0 Å². The van der Waals surface area contributed by atoms with Gasteiger partial charge >= 0.3 is 0 Å². The fraction of sp³-hybridized carbons (Fsp3) is 0.0769. The zero-order valence-electron chi connectivity index (χ0n) is 9.77. The zero-order valence-corrected chi connectivity index (χ0v) is 9.77. The molecule has 2 rings (SSSR count). The Morgan fingerprint density at radius 2 is 2.11 bits per heavy atom. The third kappa shape index (κ3) is 2.45. The van der Waals surface area contributed by atoms with E-state index in [2.05, 4.69) is 4.98 Å². The van der Waals surface area contributed by atoms with Crippen LogP contribution in [0.2, 0.25) is 0 Å². The molecule has 0 saturated carbocycles. The molecule has 0 aliphatic carbocycles. The summed E-state index contributed by atoms with van der Waals surface area (Å²) in [5.41, 5.74) is 6.65. The number of rotatable bonds is 3. The number of aryl methyl sites for hydroxylation is 1. The van der Waals surface area contributed by atoms with E-state index in [1.165, 1.54) is 24.5 Å². The minimum Gasteiger partial charge on any atom is -0.455 e. The molecule has 4 nitrogen and oxygen atoms in total. The molecule has 0 aliphatic rings. The maximum absolute atomic E-state index is 13.1. The Balaban J connectivity index is 2.40. The van der Waals surface area contributed by atoms with Crippen LogP contribution in [0.25, 0.3) is 0 Å². The molecule has 0 unspecified atom stereocenters. The number of hydrogen-bond donors (Lipinski definition) is 2. The van der Waals surface area contributed by atoms with Gasteiger partial charge < -0.3 is 10.5 Å². The molecule has 2 aromatic rings. The number of ether oxygens (including phenoxy) is 1. The number of nitrogens with one attached hydrogen (secondary N) is 1. The number of amidine groups is 1. The second kappa shape index (κ2) is 4.83. The van der Waals surface area contributed by atoms with Crippen LogP contribution >= 0.6 is 0 Å². The quantitative estimate of drug-likeness (QED) is 0.645. The van der Waals surface area contributed by atoms with E-state index in [1.54, 1.807) is 19.1 Å². The third-order valence-corrected chi connectivity index (χ3v) is 2.44. The molecule has 0 atom stereocenters. The van der Waals surface area contributed by atoms with Gasteiger partial charge in [-0.05, 0) is 24.6 Å². The number of nitrogen functional groups attached to an aromatic ring is 1. The smallest absolute Gasteiger partial charge is 0.156 e. The number of pyridine rings is 1. The van der Waals surface area contributed by atoms with Gasteiger partial charge in [-0.3, -0.25) is 10.4 Å². The maximum atomic E-state index is 13.1. The Hall–Kier alpha value is -2.43. The SMILES string of the molecule is Cc1ccc(F)cc1Oc1cnccc1C(=N)N. The summed E-state index contributed by atoms with van der Waals surface area (Å²) in [5, 5.41) is 7.43. The molecule has 0 saturated heterocycles. The van der Waals surface area contributed by atoms with Crippen molar-refractivity contribution in [1.82, 2.24) is 4.98 Å². The zero-order chi connectivity index (χ0) is 13.1. The lowest BCUT2D eigenvalue weighted by molar-refractivity contribution is 0.469. The van der Waals surface area contributed by atoms with Crippen LogP contribution in [0.5, 0.6) is 11.5 Å². The van der Waals surface area contributed by atoms with Crippen LogP contribution in [0.15, 0.2) is 36.7 Å².